The van der Waals surface area contributed by atoms with E-state index in [0.717, 1.165) is 32.2 Å². The minimum Gasteiger partial charge on any atom is -0.378 e. The highest BCUT2D eigenvalue weighted by molar-refractivity contribution is 5.01. The lowest BCUT2D eigenvalue weighted by Crippen LogP contribution is -2.56. The number of piperidine rings is 1. The average Bonchev–Trinajstić information content (AvgIpc) is 3.14. The SMILES string of the molecule is CCOC1CCN(C(C)(CN)C2CC2)CC1. The molecule has 1 aliphatic carbocycles. The summed E-state index contributed by atoms with van der Waals surface area (Å²) in [6.45, 7) is 8.41. The lowest BCUT2D eigenvalue weighted by Gasteiger charge is -2.45. The standard InChI is InChI=1S/C13H26N2O/c1-3-16-12-6-8-15(9-7-12)13(2,10-14)11-4-5-11/h11-12H,3-10,14H2,1-2H3. The van der Waals surface area contributed by atoms with E-state index in [9.17, 15) is 0 Å². The molecule has 1 saturated carbocycles. The summed E-state index contributed by atoms with van der Waals surface area (Å²) in [6.07, 6.45) is 5.59. The van der Waals surface area contributed by atoms with Crippen molar-refractivity contribution in [2.45, 2.75) is 51.2 Å². The molecule has 1 atom stereocenters. The van der Waals surface area contributed by atoms with E-state index in [1.807, 2.05) is 0 Å². The summed E-state index contributed by atoms with van der Waals surface area (Å²) < 4.78 is 5.70. The second-order valence-electron chi connectivity index (χ2n) is 5.48. The van der Waals surface area contributed by atoms with E-state index in [-0.39, 0.29) is 5.54 Å². The fourth-order valence-corrected chi connectivity index (χ4v) is 3.03. The molecule has 3 heteroatoms. The van der Waals surface area contributed by atoms with Gasteiger partial charge in [-0.1, -0.05) is 0 Å². The highest BCUT2D eigenvalue weighted by Gasteiger charge is 2.45. The van der Waals surface area contributed by atoms with Crippen molar-refractivity contribution in [1.82, 2.24) is 4.90 Å². The number of likely N-dealkylation sites (tertiary alicyclic amines) is 1. The van der Waals surface area contributed by atoms with Crippen LogP contribution >= 0.6 is 0 Å². The molecule has 2 fully saturated rings. The van der Waals surface area contributed by atoms with Crippen LogP contribution in [0.3, 0.4) is 0 Å². The Hall–Kier alpha value is -0.120. The second kappa shape index (κ2) is 5.03. The molecule has 0 bridgehead atoms. The quantitative estimate of drug-likeness (QED) is 0.774. The zero-order valence-corrected chi connectivity index (χ0v) is 10.7. The number of hydrogen-bond donors (Lipinski definition) is 1. The van der Waals surface area contributed by atoms with Gasteiger partial charge in [0.05, 0.1) is 6.10 Å². The molecular formula is C13H26N2O. The van der Waals surface area contributed by atoms with Gasteiger partial charge in [0.2, 0.25) is 0 Å². The Kier molecular flexibility index (Phi) is 3.88. The van der Waals surface area contributed by atoms with Gasteiger partial charge < -0.3 is 10.5 Å². The molecule has 1 heterocycles. The van der Waals surface area contributed by atoms with E-state index in [0.29, 0.717) is 6.10 Å². The van der Waals surface area contributed by atoms with Crippen LogP contribution in [-0.4, -0.2) is 42.8 Å². The van der Waals surface area contributed by atoms with E-state index in [1.54, 1.807) is 0 Å². The molecule has 16 heavy (non-hydrogen) atoms. The van der Waals surface area contributed by atoms with Crippen molar-refractivity contribution in [3.05, 3.63) is 0 Å². The molecule has 2 N–H and O–H groups in total. The maximum Gasteiger partial charge on any atom is 0.0599 e. The van der Waals surface area contributed by atoms with E-state index in [1.165, 1.54) is 25.7 Å². The van der Waals surface area contributed by atoms with Crippen LogP contribution in [0.4, 0.5) is 0 Å². The van der Waals surface area contributed by atoms with Gasteiger partial charge in [-0.25, -0.2) is 0 Å². The van der Waals surface area contributed by atoms with E-state index < -0.39 is 0 Å². The Morgan fingerprint density at radius 3 is 2.31 bits per heavy atom. The number of hydrogen-bond acceptors (Lipinski definition) is 3. The Bertz CT molecular complexity index is 222. The summed E-state index contributed by atoms with van der Waals surface area (Å²) in [5.41, 5.74) is 6.26. The van der Waals surface area contributed by atoms with Crippen molar-refractivity contribution in [3.8, 4) is 0 Å². The molecule has 2 aliphatic rings. The van der Waals surface area contributed by atoms with Crippen LogP contribution in [0.1, 0.15) is 39.5 Å². The molecule has 1 aliphatic heterocycles. The van der Waals surface area contributed by atoms with Gasteiger partial charge in [0.15, 0.2) is 0 Å². The molecule has 0 aromatic heterocycles. The normalized spacial score (nSPS) is 27.9. The van der Waals surface area contributed by atoms with Crippen molar-refractivity contribution < 1.29 is 4.74 Å². The Labute approximate surface area is 99.3 Å². The van der Waals surface area contributed by atoms with Crippen LogP contribution in [0.5, 0.6) is 0 Å². The first-order valence-electron chi connectivity index (χ1n) is 6.77. The third-order valence-electron chi connectivity index (χ3n) is 4.44. The fourth-order valence-electron chi connectivity index (χ4n) is 3.03. The van der Waals surface area contributed by atoms with E-state index in [4.69, 9.17) is 10.5 Å². The maximum atomic E-state index is 6.00. The van der Waals surface area contributed by atoms with E-state index in [2.05, 4.69) is 18.7 Å². The topological polar surface area (TPSA) is 38.5 Å². The number of nitrogens with two attached hydrogens (primary N) is 1. The fraction of sp³-hybridized carbons (Fsp3) is 1.00. The van der Waals surface area contributed by atoms with Crippen molar-refractivity contribution >= 4 is 0 Å². The molecule has 0 radical (unpaired) electrons. The van der Waals surface area contributed by atoms with E-state index >= 15 is 0 Å². The number of nitrogens with zero attached hydrogens (tertiary/aromatic N) is 1. The molecule has 0 amide bonds. The van der Waals surface area contributed by atoms with Gasteiger partial charge in [0.1, 0.15) is 0 Å². The van der Waals surface area contributed by atoms with Crippen molar-refractivity contribution in [2.24, 2.45) is 11.7 Å². The lowest BCUT2D eigenvalue weighted by molar-refractivity contribution is -0.0194. The highest BCUT2D eigenvalue weighted by atomic mass is 16.5. The zero-order chi connectivity index (χ0) is 11.6. The molecular weight excluding hydrogens is 200 g/mol. The summed E-state index contributed by atoms with van der Waals surface area (Å²) in [7, 11) is 0. The van der Waals surface area contributed by atoms with Crippen molar-refractivity contribution in [3.63, 3.8) is 0 Å². The third-order valence-corrected chi connectivity index (χ3v) is 4.44. The minimum absolute atomic E-state index is 0.261. The molecule has 1 unspecified atom stereocenters. The first kappa shape index (κ1) is 12.3. The van der Waals surface area contributed by atoms with Crippen LogP contribution in [0.2, 0.25) is 0 Å². The molecule has 0 spiro atoms. The predicted octanol–water partition coefficient (Wildman–Crippen LogP) is 1.61. The summed E-state index contributed by atoms with van der Waals surface area (Å²) >= 11 is 0. The minimum atomic E-state index is 0.261. The maximum absolute atomic E-state index is 6.00. The average molecular weight is 226 g/mol. The molecule has 0 aromatic rings. The third kappa shape index (κ3) is 2.41. The predicted molar refractivity (Wildman–Crippen MR) is 66.4 cm³/mol. The van der Waals surface area contributed by atoms with Gasteiger partial charge in [-0.15, -0.1) is 0 Å². The first-order valence-corrected chi connectivity index (χ1v) is 6.77. The summed E-state index contributed by atoms with van der Waals surface area (Å²) in [6, 6.07) is 0. The molecule has 3 nitrogen and oxygen atoms in total. The monoisotopic (exact) mass is 226 g/mol. The van der Waals surface area contributed by atoms with Crippen LogP contribution in [-0.2, 0) is 4.74 Å². The molecule has 94 valence electrons. The zero-order valence-electron chi connectivity index (χ0n) is 10.7. The van der Waals surface area contributed by atoms with Gasteiger partial charge in [-0.05, 0) is 45.4 Å². The van der Waals surface area contributed by atoms with Crippen molar-refractivity contribution in [2.75, 3.05) is 26.2 Å². The second-order valence-corrected chi connectivity index (χ2v) is 5.48. The Morgan fingerprint density at radius 1 is 1.25 bits per heavy atom. The van der Waals surface area contributed by atoms with Gasteiger partial charge in [-0.2, -0.15) is 0 Å². The van der Waals surface area contributed by atoms with Gasteiger partial charge in [-0.3, -0.25) is 4.90 Å². The van der Waals surface area contributed by atoms with Crippen LogP contribution < -0.4 is 5.73 Å². The smallest absolute Gasteiger partial charge is 0.0599 e. The largest absolute Gasteiger partial charge is 0.378 e. The van der Waals surface area contributed by atoms with Gasteiger partial charge >= 0.3 is 0 Å². The number of rotatable bonds is 5. The van der Waals surface area contributed by atoms with Gasteiger partial charge in [0.25, 0.3) is 0 Å². The van der Waals surface area contributed by atoms with Crippen molar-refractivity contribution in [1.29, 1.82) is 0 Å². The van der Waals surface area contributed by atoms with Crippen LogP contribution in [0.15, 0.2) is 0 Å². The molecule has 1 saturated heterocycles. The summed E-state index contributed by atoms with van der Waals surface area (Å²) in [5.74, 6) is 0.848. The molecule has 2 rings (SSSR count). The summed E-state index contributed by atoms with van der Waals surface area (Å²) in [5, 5.41) is 0. The highest BCUT2D eigenvalue weighted by Crippen LogP contribution is 2.43. The first-order chi connectivity index (χ1) is 7.70. The van der Waals surface area contributed by atoms with Crippen LogP contribution in [0, 0.1) is 5.92 Å². The summed E-state index contributed by atoms with van der Waals surface area (Å²) in [4.78, 5) is 2.61. The Morgan fingerprint density at radius 2 is 1.88 bits per heavy atom. The molecule has 0 aromatic carbocycles. The van der Waals surface area contributed by atoms with Gasteiger partial charge in [0, 0.05) is 31.8 Å². The van der Waals surface area contributed by atoms with Crippen LogP contribution in [0.25, 0.3) is 0 Å². The number of ether oxygens (including phenoxy) is 1. The Balaban J connectivity index is 1.87. The lowest BCUT2D eigenvalue weighted by atomic mass is 9.90.